The molecule has 2 heterocycles. The molecule has 0 spiro atoms. The predicted molar refractivity (Wildman–Crippen MR) is 51.3 cm³/mol. The van der Waals surface area contributed by atoms with E-state index in [1.54, 1.807) is 12.4 Å². The quantitative estimate of drug-likeness (QED) is 0.726. The van der Waals surface area contributed by atoms with Crippen LogP contribution in [0.1, 0.15) is 0 Å². The van der Waals surface area contributed by atoms with Crippen LogP contribution in [0.3, 0.4) is 0 Å². The lowest BCUT2D eigenvalue weighted by atomic mass is 10.4. The van der Waals surface area contributed by atoms with E-state index in [9.17, 15) is 0 Å². The molecule has 12 heavy (non-hydrogen) atoms. The predicted octanol–water partition coefficient (Wildman–Crippen LogP) is 2.63. The molecule has 0 aliphatic carbocycles. The molecule has 0 saturated heterocycles. The minimum absolute atomic E-state index is 1.00. The van der Waals surface area contributed by atoms with Crippen LogP contribution >= 0.6 is 15.9 Å². The summed E-state index contributed by atoms with van der Waals surface area (Å²) in [6.07, 6.45) is 7.57. The van der Waals surface area contributed by atoms with Crippen LogP contribution in [0.5, 0.6) is 0 Å². The fraction of sp³-hybridized carbons (Fsp3) is 0. The van der Waals surface area contributed by atoms with Crippen LogP contribution in [-0.2, 0) is 0 Å². The molecule has 2 nitrogen and oxygen atoms in total. The summed E-state index contributed by atoms with van der Waals surface area (Å²) in [7, 11) is 0. The molecule has 0 bridgehead atoms. The summed E-state index contributed by atoms with van der Waals surface area (Å²) in [5, 5.41) is 0. The maximum absolute atomic E-state index is 3.99. The van der Waals surface area contributed by atoms with Crippen molar-refractivity contribution in [1.29, 1.82) is 0 Å². The minimum Gasteiger partial charge on any atom is -0.323 e. The summed E-state index contributed by atoms with van der Waals surface area (Å²) in [6.45, 7) is 0. The highest BCUT2D eigenvalue weighted by Crippen LogP contribution is 2.18. The van der Waals surface area contributed by atoms with Gasteiger partial charge in [-0.1, -0.05) is 0 Å². The monoisotopic (exact) mass is 222 g/mol. The van der Waals surface area contributed by atoms with Gasteiger partial charge in [0.05, 0.1) is 10.2 Å². The minimum atomic E-state index is 1.00. The largest absolute Gasteiger partial charge is 0.323 e. The van der Waals surface area contributed by atoms with Gasteiger partial charge >= 0.3 is 0 Å². The SMILES string of the molecule is Brc1cnccc1-n1cccc1. The average molecular weight is 223 g/mol. The maximum Gasteiger partial charge on any atom is 0.0622 e. The van der Waals surface area contributed by atoms with E-state index < -0.39 is 0 Å². The van der Waals surface area contributed by atoms with Crippen LogP contribution in [0, 0.1) is 0 Å². The molecule has 0 radical (unpaired) electrons. The molecule has 2 rings (SSSR count). The number of nitrogens with zero attached hydrogens (tertiary/aromatic N) is 2. The van der Waals surface area contributed by atoms with Crippen LogP contribution < -0.4 is 0 Å². The van der Waals surface area contributed by atoms with Crippen LogP contribution in [0.2, 0.25) is 0 Å². The Morgan fingerprint density at radius 2 is 2.00 bits per heavy atom. The molecule has 0 unspecified atom stereocenters. The van der Waals surface area contributed by atoms with Gasteiger partial charge in [0, 0.05) is 24.8 Å². The molecule has 2 aromatic rings. The Balaban J connectivity index is 2.55. The van der Waals surface area contributed by atoms with Gasteiger partial charge in [0.15, 0.2) is 0 Å². The molecule has 0 N–H and O–H groups in total. The number of rotatable bonds is 1. The van der Waals surface area contributed by atoms with E-state index in [1.165, 1.54) is 0 Å². The van der Waals surface area contributed by atoms with E-state index in [2.05, 4.69) is 20.9 Å². The second-order valence-electron chi connectivity index (χ2n) is 2.42. The summed E-state index contributed by atoms with van der Waals surface area (Å²) in [5.41, 5.74) is 1.11. The molecule has 0 saturated carbocycles. The summed E-state index contributed by atoms with van der Waals surface area (Å²) in [4.78, 5) is 3.99. The molecule has 3 heteroatoms. The second-order valence-corrected chi connectivity index (χ2v) is 3.27. The molecule has 0 aliphatic heterocycles. The van der Waals surface area contributed by atoms with Gasteiger partial charge in [0.2, 0.25) is 0 Å². The van der Waals surface area contributed by atoms with Crippen LogP contribution in [0.4, 0.5) is 0 Å². The van der Waals surface area contributed by atoms with Crippen molar-refractivity contribution in [2.75, 3.05) is 0 Å². The second kappa shape index (κ2) is 3.11. The Kier molecular flexibility index (Phi) is 1.96. The zero-order valence-electron chi connectivity index (χ0n) is 6.31. The first-order chi connectivity index (χ1) is 5.88. The Hall–Kier alpha value is -1.09. The van der Waals surface area contributed by atoms with Crippen LogP contribution in [-0.4, -0.2) is 9.55 Å². The van der Waals surface area contributed by atoms with Gasteiger partial charge in [-0.05, 0) is 34.1 Å². The summed E-state index contributed by atoms with van der Waals surface area (Å²) >= 11 is 3.43. The van der Waals surface area contributed by atoms with Gasteiger partial charge in [0.25, 0.3) is 0 Å². The molecule has 0 amide bonds. The lowest BCUT2D eigenvalue weighted by Crippen LogP contribution is -1.90. The Morgan fingerprint density at radius 1 is 1.25 bits per heavy atom. The van der Waals surface area contributed by atoms with Crippen molar-refractivity contribution in [3.05, 3.63) is 47.5 Å². The van der Waals surface area contributed by atoms with Crippen molar-refractivity contribution in [3.63, 3.8) is 0 Å². The molecule has 2 aromatic heterocycles. The zero-order valence-corrected chi connectivity index (χ0v) is 7.90. The fourth-order valence-electron chi connectivity index (χ4n) is 1.07. The Labute approximate surface area is 79.0 Å². The van der Waals surface area contributed by atoms with E-state index >= 15 is 0 Å². The van der Waals surface area contributed by atoms with Gasteiger partial charge in [-0.25, -0.2) is 0 Å². The van der Waals surface area contributed by atoms with E-state index in [4.69, 9.17) is 0 Å². The third-order valence-corrected chi connectivity index (χ3v) is 2.24. The topological polar surface area (TPSA) is 17.8 Å². The van der Waals surface area contributed by atoms with E-state index in [0.717, 1.165) is 10.2 Å². The number of aromatic nitrogens is 2. The highest BCUT2D eigenvalue weighted by atomic mass is 79.9. The lowest BCUT2D eigenvalue weighted by Gasteiger charge is -2.03. The molecular formula is C9H7BrN2. The van der Waals surface area contributed by atoms with Crippen molar-refractivity contribution < 1.29 is 0 Å². The highest BCUT2D eigenvalue weighted by Gasteiger charge is 1.98. The number of pyridine rings is 1. The van der Waals surface area contributed by atoms with Gasteiger partial charge < -0.3 is 4.57 Å². The van der Waals surface area contributed by atoms with Gasteiger partial charge in [-0.3, -0.25) is 4.98 Å². The first-order valence-electron chi connectivity index (χ1n) is 3.61. The fourth-order valence-corrected chi connectivity index (χ4v) is 1.53. The molecular weight excluding hydrogens is 216 g/mol. The van der Waals surface area contributed by atoms with Crippen molar-refractivity contribution >= 4 is 15.9 Å². The van der Waals surface area contributed by atoms with Crippen molar-refractivity contribution in [3.8, 4) is 5.69 Å². The first-order valence-corrected chi connectivity index (χ1v) is 4.40. The lowest BCUT2D eigenvalue weighted by molar-refractivity contribution is 1.06. The van der Waals surface area contributed by atoms with Crippen molar-refractivity contribution in [2.45, 2.75) is 0 Å². The van der Waals surface area contributed by atoms with Gasteiger partial charge in [0.1, 0.15) is 0 Å². The van der Waals surface area contributed by atoms with E-state index in [0.29, 0.717) is 0 Å². The smallest absolute Gasteiger partial charge is 0.0622 e. The van der Waals surface area contributed by atoms with Gasteiger partial charge in [-0.15, -0.1) is 0 Å². The van der Waals surface area contributed by atoms with Crippen LogP contribution in [0.15, 0.2) is 47.5 Å². The molecule has 0 aliphatic rings. The number of hydrogen-bond donors (Lipinski definition) is 0. The zero-order chi connectivity index (χ0) is 8.39. The van der Waals surface area contributed by atoms with Gasteiger partial charge in [-0.2, -0.15) is 0 Å². The maximum atomic E-state index is 3.99. The third-order valence-electron chi connectivity index (χ3n) is 1.63. The van der Waals surface area contributed by atoms with Crippen LogP contribution in [0.25, 0.3) is 5.69 Å². The first kappa shape index (κ1) is 7.55. The summed E-state index contributed by atoms with van der Waals surface area (Å²) < 4.78 is 3.03. The summed E-state index contributed by atoms with van der Waals surface area (Å²) in [6, 6.07) is 5.95. The Bertz CT molecular complexity index is 368. The molecule has 0 aromatic carbocycles. The third kappa shape index (κ3) is 1.28. The van der Waals surface area contributed by atoms with Crippen molar-refractivity contribution in [2.24, 2.45) is 0 Å². The van der Waals surface area contributed by atoms with E-state index in [-0.39, 0.29) is 0 Å². The highest BCUT2D eigenvalue weighted by molar-refractivity contribution is 9.10. The molecule has 0 atom stereocenters. The van der Waals surface area contributed by atoms with Crippen molar-refractivity contribution in [1.82, 2.24) is 9.55 Å². The summed E-state index contributed by atoms with van der Waals surface area (Å²) in [5.74, 6) is 0. The number of hydrogen-bond acceptors (Lipinski definition) is 1. The standard InChI is InChI=1S/C9H7BrN2/c10-8-7-11-4-3-9(8)12-5-1-2-6-12/h1-7H. The van der Waals surface area contributed by atoms with E-state index in [1.807, 2.05) is 35.2 Å². The number of halogens is 1. The normalized spacial score (nSPS) is 10.1. The average Bonchev–Trinajstić information content (AvgIpc) is 2.57. The molecule has 60 valence electrons. The molecule has 0 fully saturated rings. The Morgan fingerprint density at radius 3 is 2.67 bits per heavy atom.